The van der Waals surface area contributed by atoms with E-state index in [0.29, 0.717) is 9.49 Å². The number of hydrogen-bond acceptors (Lipinski definition) is 2. The molecule has 2 nitrogen and oxygen atoms in total. The standard InChI is InChI=1S/C12H13F3INO/c1-7-6-17-3-2-8-4-11(18-12(13,14)15)10(16)5-9(7)8/h4-5,7,17H,2-3,6H2,1H3/t7-/m1/s1. The Morgan fingerprint density at radius 3 is 2.78 bits per heavy atom. The Hall–Kier alpha value is -0.500. The normalized spacial score (nSPS) is 20.2. The maximum Gasteiger partial charge on any atom is 0.573 e. The summed E-state index contributed by atoms with van der Waals surface area (Å²) < 4.78 is 41.4. The van der Waals surface area contributed by atoms with E-state index in [9.17, 15) is 13.2 Å². The van der Waals surface area contributed by atoms with Gasteiger partial charge in [0.25, 0.3) is 0 Å². The van der Waals surface area contributed by atoms with E-state index in [0.717, 1.165) is 30.6 Å². The number of fused-ring (bicyclic) bond motifs is 1. The van der Waals surface area contributed by atoms with Crippen molar-refractivity contribution in [3.8, 4) is 5.75 Å². The molecule has 0 fully saturated rings. The van der Waals surface area contributed by atoms with Crippen molar-refractivity contribution in [3.05, 3.63) is 26.8 Å². The van der Waals surface area contributed by atoms with Crippen molar-refractivity contribution >= 4 is 22.6 Å². The van der Waals surface area contributed by atoms with Crippen LogP contribution < -0.4 is 10.1 Å². The second-order valence-electron chi connectivity index (χ2n) is 4.38. The molecule has 1 heterocycles. The molecule has 1 atom stereocenters. The first-order chi connectivity index (χ1) is 8.37. The van der Waals surface area contributed by atoms with E-state index in [1.807, 2.05) is 22.6 Å². The van der Waals surface area contributed by atoms with Crippen LogP contribution in [0, 0.1) is 3.57 Å². The van der Waals surface area contributed by atoms with Crippen LogP contribution in [0.3, 0.4) is 0 Å². The summed E-state index contributed by atoms with van der Waals surface area (Å²) in [6, 6.07) is 3.32. The number of alkyl halides is 3. The fraction of sp³-hybridized carbons (Fsp3) is 0.500. The first kappa shape index (κ1) is 13.9. The van der Waals surface area contributed by atoms with Crippen molar-refractivity contribution in [1.29, 1.82) is 0 Å². The Balaban J connectivity index is 2.38. The lowest BCUT2D eigenvalue weighted by molar-refractivity contribution is -0.275. The van der Waals surface area contributed by atoms with Gasteiger partial charge in [-0.25, -0.2) is 0 Å². The highest BCUT2D eigenvalue weighted by atomic mass is 127. The van der Waals surface area contributed by atoms with Crippen molar-refractivity contribution in [2.45, 2.75) is 25.6 Å². The summed E-state index contributed by atoms with van der Waals surface area (Å²) in [5.74, 6) is 0.201. The molecule has 18 heavy (non-hydrogen) atoms. The summed E-state index contributed by atoms with van der Waals surface area (Å²) in [6.45, 7) is 3.70. The molecule has 1 aromatic rings. The van der Waals surface area contributed by atoms with E-state index in [2.05, 4.69) is 17.0 Å². The van der Waals surface area contributed by atoms with E-state index in [4.69, 9.17) is 0 Å². The summed E-state index contributed by atoms with van der Waals surface area (Å²) in [5, 5.41) is 3.27. The third kappa shape index (κ3) is 3.28. The lowest BCUT2D eigenvalue weighted by Crippen LogP contribution is -2.18. The molecule has 0 saturated carbocycles. The second kappa shape index (κ2) is 5.24. The van der Waals surface area contributed by atoms with Crippen LogP contribution in [0.25, 0.3) is 0 Å². The third-order valence-electron chi connectivity index (χ3n) is 2.97. The lowest BCUT2D eigenvalue weighted by atomic mass is 9.95. The molecule has 0 spiro atoms. The minimum absolute atomic E-state index is 0.101. The molecule has 0 unspecified atom stereocenters. The molecule has 0 bridgehead atoms. The van der Waals surface area contributed by atoms with Crippen LogP contribution in [0.5, 0.6) is 5.75 Å². The second-order valence-corrected chi connectivity index (χ2v) is 5.55. The van der Waals surface area contributed by atoms with Crippen molar-refractivity contribution in [2.24, 2.45) is 0 Å². The molecule has 0 aromatic heterocycles. The largest absolute Gasteiger partial charge is 0.573 e. The van der Waals surface area contributed by atoms with E-state index in [1.54, 1.807) is 6.07 Å². The number of nitrogens with one attached hydrogen (secondary N) is 1. The summed E-state index contributed by atoms with van der Waals surface area (Å²) in [6.07, 6.45) is -3.91. The van der Waals surface area contributed by atoms with Crippen LogP contribution in [0.2, 0.25) is 0 Å². The molecular formula is C12H13F3INO. The van der Waals surface area contributed by atoms with E-state index in [-0.39, 0.29) is 5.75 Å². The van der Waals surface area contributed by atoms with Crippen LogP contribution in [0.15, 0.2) is 12.1 Å². The van der Waals surface area contributed by atoms with Crippen molar-refractivity contribution in [3.63, 3.8) is 0 Å². The van der Waals surface area contributed by atoms with Gasteiger partial charge in [-0.3, -0.25) is 0 Å². The number of ether oxygens (including phenoxy) is 1. The molecule has 0 saturated heterocycles. The zero-order valence-corrected chi connectivity index (χ0v) is 11.9. The number of hydrogen-bond donors (Lipinski definition) is 1. The van der Waals surface area contributed by atoms with Gasteiger partial charge >= 0.3 is 6.36 Å². The van der Waals surface area contributed by atoms with Gasteiger partial charge in [-0.1, -0.05) is 6.92 Å². The zero-order valence-electron chi connectivity index (χ0n) is 9.77. The molecule has 1 aliphatic rings. The maximum atomic E-state index is 12.3. The van der Waals surface area contributed by atoms with E-state index < -0.39 is 6.36 Å². The van der Waals surface area contributed by atoms with Crippen LogP contribution in [-0.4, -0.2) is 19.5 Å². The Labute approximate surface area is 117 Å². The summed E-state index contributed by atoms with van der Waals surface area (Å²) >= 11 is 1.88. The van der Waals surface area contributed by atoms with Crippen molar-refractivity contribution in [2.75, 3.05) is 13.1 Å². The fourth-order valence-electron chi connectivity index (χ4n) is 2.14. The quantitative estimate of drug-likeness (QED) is 0.764. The third-order valence-corrected chi connectivity index (χ3v) is 3.81. The van der Waals surface area contributed by atoms with Crippen LogP contribution >= 0.6 is 22.6 Å². The first-order valence-electron chi connectivity index (χ1n) is 5.65. The summed E-state index contributed by atoms with van der Waals surface area (Å²) in [7, 11) is 0. The monoisotopic (exact) mass is 371 g/mol. The molecule has 0 amide bonds. The van der Waals surface area contributed by atoms with Gasteiger partial charge in [-0.2, -0.15) is 0 Å². The molecule has 100 valence electrons. The van der Waals surface area contributed by atoms with E-state index >= 15 is 0 Å². The number of halogens is 4. The molecule has 0 radical (unpaired) electrons. The van der Waals surface area contributed by atoms with E-state index in [1.165, 1.54) is 6.07 Å². The minimum Gasteiger partial charge on any atom is -0.405 e. The first-order valence-corrected chi connectivity index (χ1v) is 6.73. The van der Waals surface area contributed by atoms with Gasteiger partial charge < -0.3 is 10.1 Å². The Bertz CT molecular complexity index is 448. The van der Waals surface area contributed by atoms with Gasteiger partial charge in [-0.05, 0) is 64.7 Å². The van der Waals surface area contributed by atoms with Crippen molar-refractivity contribution < 1.29 is 17.9 Å². The number of benzene rings is 1. The SMILES string of the molecule is C[C@@H]1CNCCc2cc(OC(F)(F)F)c(I)cc21. The topological polar surface area (TPSA) is 21.3 Å². The summed E-state index contributed by atoms with van der Waals surface area (Å²) in [4.78, 5) is 0. The average molecular weight is 371 g/mol. The molecule has 2 rings (SSSR count). The van der Waals surface area contributed by atoms with Crippen LogP contribution in [0.4, 0.5) is 13.2 Å². The molecule has 0 aliphatic carbocycles. The molecule has 1 aromatic carbocycles. The molecule has 1 N–H and O–H groups in total. The van der Waals surface area contributed by atoms with Gasteiger partial charge in [0.1, 0.15) is 5.75 Å². The maximum absolute atomic E-state index is 12.3. The zero-order chi connectivity index (χ0) is 13.3. The smallest absolute Gasteiger partial charge is 0.405 e. The predicted octanol–water partition coefficient (Wildman–Crippen LogP) is 3.44. The summed E-state index contributed by atoms with van der Waals surface area (Å²) in [5.41, 5.74) is 2.05. The lowest BCUT2D eigenvalue weighted by Gasteiger charge is -2.16. The molecule has 6 heteroatoms. The Morgan fingerprint density at radius 2 is 2.11 bits per heavy atom. The Morgan fingerprint density at radius 1 is 1.39 bits per heavy atom. The predicted molar refractivity (Wildman–Crippen MR) is 70.8 cm³/mol. The van der Waals surface area contributed by atoms with Gasteiger partial charge in [-0.15, -0.1) is 13.2 Å². The molecule has 1 aliphatic heterocycles. The van der Waals surface area contributed by atoms with Gasteiger partial charge in [0.2, 0.25) is 0 Å². The Kier molecular flexibility index (Phi) is 4.05. The average Bonchev–Trinajstić information content (AvgIpc) is 2.41. The van der Waals surface area contributed by atoms with Crippen LogP contribution in [-0.2, 0) is 6.42 Å². The van der Waals surface area contributed by atoms with Gasteiger partial charge in [0.15, 0.2) is 0 Å². The number of rotatable bonds is 1. The van der Waals surface area contributed by atoms with Gasteiger partial charge in [0.05, 0.1) is 3.57 Å². The highest BCUT2D eigenvalue weighted by Gasteiger charge is 2.32. The fourth-order valence-corrected chi connectivity index (χ4v) is 2.74. The minimum atomic E-state index is -4.64. The van der Waals surface area contributed by atoms with Crippen LogP contribution in [0.1, 0.15) is 24.0 Å². The van der Waals surface area contributed by atoms with Crippen molar-refractivity contribution in [1.82, 2.24) is 5.32 Å². The highest BCUT2D eigenvalue weighted by Crippen LogP contribution is 2.33. The highest BCUT2D eigenvalue weighted by molar-refractivity contribution is 14.1. The van der Waals surface area contributed by atoms with Gasteiger partial charge in [0, 0.05) is 6.54 Å². The molecular weight excluding hydrogens is 358 g/mol.